The lowest BCUT2D eigenvalue weighted by atomic mass is 10.1. The molecule has 0 aliphatic heterocycles. The van der Waals surface area contributed by atoms with Crippen LogP contribution in [0.1, 0.15) is 41.7 Å². The topological polar surface area (TPSA) is 88.0 Å². The summed E-state index contributed by atoms with van der Waals surface area (Å²) in [4.78, 5) is 26.8. The summed E-state index contributed by atoms with van der Waals surface area (Å²) >= 11 is 0. The largest absolute Gasteiger partial charge is 0.359 e. The molecule has 0 aliphatic carbocycles. The van der Waals surface area contributed by atoms with Gasteiger partial charge in [-0.3, -0.25) is 9.59 Å². The molecule has 0 aliphatic rings. The van der Waals surface area contributed by atoms with Gasteiger partial charge in [0.1, 0.15) is 5.69 Å². The Labute approximate surface area is 132 Å². The molecule has 2 N–H and O–H groups in total. The summed E-state index contributed by atoms with van der Waals surface area (Å²) in [6.07, 6.45) is 0. The maximum absolute atomic E-state index is 12.2. The molecule has 2 aromatic heterocycles. The van der Waals surface area contributed by atoms with Crippen LogP contribution in [0.4, 0.5) is 0 Å². The SMILES string of the molecule is CC(C)c1cc(CNC(=O)c2cc3ccccc3c(=O)[nH]2)on1. The van der Waals surface area contributed by atoms with E-state index in [1.54, 1.807) is 24.3 Å². The monoisotopic (exact) mass is 311 g/mol. The number of nitrogens with zero attached hydrogens (tertiary/aromatic N) is 1. The molecular weight excluding hydrogens is 294 g/mol. The highest BCUT2D eigenvalue weighted by molar-refractivity contribution is 5.96. The van der Waals surface area contributed by atoms with Crippen LogP contribution >= 0.6 is 0 Å². The van der Waals surface area contributed by atoms with Gasteiger partial charge in [-0.2, -0.15) is 0 Å². The van der Waals surface area contributed by atoms with E-state index in [0.29, 0.717) is 11.1 Å². The molecule has 0 radical (unpaired) electrons. The Morgan fingerprint density at radius 3 is 2.83 bits per heavy atom. The summed E-state index contributed by atoms with van der Waals surface area (Å²) in [5.41, 5.74) is 0.778. The van der Waals surface area contributed by atoms with Crippen LogP contribution in [-0.2, 0) is 6.54 Å². The number of aromatic amines is 1. The lowest BCUT2D eigenvalue weighted by molar-refractivity contribution is 0.0942. The molecule has 0 bridgehead atoms. The lowest BCUT2D eigenvalue weighted by Gasteiger charge is -2.04. The van der Waals surface area contributed by atoms with Crippen LogP contribution in [0.2, 0.25) is 0 Å². The van der Waals surface area contributed by atoms with Crippen LogP contribution in [0.3, 0.4) is 0 Å². The van der Waals surface area contributed by atoms with Gasteiger partial charge in [0.05, 0.1) is 12.2 Å². The summed E-state index contributed by atoms with van der Waals surface area (Å²) in [6, 6.07) is 10.6. The fourth-order valence-corrected chi connectivity index (χ4v) is 2.28. The van der Waals surface area contributed by atoms with Gasteiger partial charge < -0.3 is 14.8 Å². The predicted molar refractivity (Wildman–Crippen MR) is 86.3 cm³/mol. The molecule has 3 rings (SSSR count). The minimum absolute atomic E-state index is 0.216. The van der Waals surface area contributed by atoms with Gasteiger partial charge in [0.25, 0.3) is 11.5 Å². The van der Waals surface area contributed by atoms with E-state index in [4.69, 9.17) is 4.52 Å². The Bertz CT molecular complexity index is 909. The third-order valence-electron chi connectivity index (χ3n) is 3.59. The van der Waals surface area contributed by atoms with E-state index < -0.39 is 0 Å². The average Bonchev–Trinajstić information content (AvgIpc) is 3.02. The molecule has 2 heterocycles. The first-order valence-corrected chi connectivity index (χ1v) is 7.40. The van der Waals surface area contributed by atoms with Crippen molar-refractivity contribution in [3.05, 3.63) is 63.9 Å². The fraction of sp³-hybridized carbons (Fsp3) is 0.235. The van der Waals surface area contributed by atoms with E-state index in [1.165, 1.54) is 0 Å². The molecule has 118 valence electrons. The lowest BCUT2D eigenvalue weighted by Crippen LogP contribution is -2.25. The van der Waals surface area contributed by atoms with Gasteiger partial charge in [-0.05, 0) is 23.4 Å². The van der Waals surface area contributed by atoms with Crippen LogP contribution in [0.15, 0.2) is 45.7 Å². The summed E-state index contributed by atoms with van der Waals surface area (Å²) < 4.78 is 5.17. The third-order valence-corrected chi connectivity index (χ3v) is 3.59. The Hall–Kier alpha value is -2.89. The molecule has 0 fully saturated rings. The standard InChI is InChI=1S/C17H17N3O3/c1-10(2)14-8-12(23-20-14)9-18-17(22)15-7-11-5-3-4-6-13(11)16(21)19-15/h3-8,10H,9H2,1-2H3,(H,18,22)(H,19,21). The molecule has 6 heteroatoms. The Kier molecular flexibility index (Phi) is 3.97. The number of rotatable bonds is 4. The number of amides is 1. The van der Waals surface area contributed by atoms with Crippen LogP contribution in [0.5, 0.6) is 0 Å². The molecule has 3 aromatic rings. The van der Waals surface area contributed by atoms with E-state index >= 15 is 0 Å². The van der Waals surface area contributed by atoms with E-state index in [1.807, 2.05) is 26.0 Å². The number of pyridine rings is 1. The highest BCUT2D eigenvalue weighted by Crippen LogP contribution is 2.14. The number of aromatic nitrogens is 2. The maximum atomic E-state index is 12.2. The number of carbonyl (C=O) groups excluding carboxylic acids is 1. The van der Waals surface area contributed by atoms with Crippen molar-refractivity contribution in [2.45, 2.75) is 26.3 Å². The maximum Gasteiger partial charge on any atom is 0.268 e. The van der Waals surface area contributed by atoms with E-state index in [9.17, 15) is 9.59 Å². The first-order chi connectivity index (χ1) is 11.0. The Morgan fingerprint density at radius 1 is 1.30 bits per heavy atom. The van der Waals surface area contributed by atoms with Gasteiger partial charge in [0, 0.05) is 11.5 Å². The molecule has 0 unspecified atom stereocenters. The van der Waals surface area contributed by atoms with Crippen molar-refractivity contribution in [1.29, 1.82) is 0 Å². The summed E-state index contributed by atoms with van der Waals surface area (Å²) in [7, 11) is 0. The van der Waals surface area contributed by atoms with Gasteiger partial charge in [0.15, 0.2) is 5.76 Å². The van der Waals surface area contributed by atoms with Crippen molar-refractivity contribution >= 4 is 16.7 Å². The second-order valence-corrected chi connectivity index (χ2v) is 5.65. The van der Waals surface area contributed by atoms with Crippen LogP contribution in [0.25, 0.3) is 10.8 Å². The van der Waals surface area contributed by atoms with Crippen molar-refractivity contribution in [1.82, 2.24) is 15.5 Å². The van der Waals surface area contributed by atoms with Gasteiger partial charge in [0.2, 0.25) is 0 Å². The van der Waals surface area contributed by atoms with Gasteiger partial charge >= 0.3 is 0 Å². The van der Waals surface area contributed by atoms with E-state index in [-0.39, 0.29) is 29.6 Å². The van der Waals surface area contributed by atoms with Crippen molar-refractivity contribution in [3.63, 3.8) is 0 Å². The molecule has 0 saturated carbocycles. The highest BCUT2D eigenvalue weighted by Gasteiger charge is 2.12. The van der Waals surface area contributed by atoms with Crippen molar-refractivity contribution in [2.75, 3.05) is 0 Å². The Balaban J connectivity index is 1.76. The second-order valence-electron chi connectivity index (χ2n) is 5.65. The average molecular weight is 311 g/mol. The van der Waals surface area contributed by atoms with Gasteiger partial charge in [-0.1, -0.05) is 37.2 Å². The first-order valence-electron chi connectivity index (χ1n) is 7.40. The summed E-state index contributed by atoms with van der Waals surface area (Å²) in [5.74, 6) is 0.473. The zero-order valence-electron chi connectivity index (χ0n) is 12.9. The number of hydrogen-bond donors (Lipinski definition) is 2. The Morgan fingerprint density at radius 2 is 2.09 bits per heavy atom. The molecular formula is C17H17N3O3. The number of benzene rings is 1. The first kappa shape index (κ1) is 15.0. The van der Waals surface area contributed by atoms with Crippen LogP contribution in [-0.4, -0.2) is 16.0 Å². The van der Waals surface area contributed by atoms with Gasteiger partial charge in [-0.25, -0.2) is 0 Å². The molecule has 23 heavy (non-hydrogen) atoms. The van der Waals surface area contributed by atoms with Gasteiger partial charge in [-0.15, -0.1) is 0 Å². The minimum Gasteiger partial charge on any atom is -0.359 e. The molecule has 6 nitrogen and oxygen atoms in total. The van der Waals surface area contributed by atoms with Crippen LogP contribution < -0.4 is 10.9 Å². The molecule has 0 spiro atoms. The second kappa shape index (κ2) is 6.08. The smallest absolute Gasteiger partial charge is 0.268 e. The zero-order chi connectivity index (χ0) is 16.4. The quantitative estimate of drug-likeness (QED) is 0.775. The predicted octanol–water partition coefficient (Wildman–Crippen LogP) is 2.57. The van der Waals surface area contributed by atoms with E-state index in [0.717, 1.165) is 11.1 Å². The normalized spacial score (nSPS) is 11.1. The highest BCUT2D eigenvalue weighted by atomic mass is 16.5. The zero-order valence-corrected chi connectivity index (χ0v) is 12.9. The third kappa shape index (κ3) is 3.15. The van der Waals surface area contributed by atoms with Crippen molar-refractivity contribution in [3.8, 4) is 0 Å². The number of nitrogens with one attached hydrogen (secondary N) is 2. The number of hydrogen-bond acceptors (Lipinski definition) is 4. The summed E-state index contributed by atoms with van der Waals surface area (Å²) in [6.45, 7) is 4.24. The number of H-pyrrole nitrogens is 1. The molecule has 0 atom stereocenters. The molecule has 1 amide bonds. The number of carbonyl (C=O) groups is 1. The molecule has 0 saturated heterocycles. The van der Waals surface area contributed by atoms with E-state index in [2.05, 4.69) is 15.5 Å². The fourth-order valence-electron chi connectivity index (χ4n) is 2.28. The van der Waals surface area contributed by atoms with Crippen molar-refractivity contribution in [2.24, 2.45) is 0 Å². The summed E-state index contributed by atoms with van der Waals surface area (Å²) in [5, 5.41) is 7.94. The molecule has 1 aromatic carbocycles. The van der Waals surface area contributed by atoms with Crippen LogP contribution in [0, 0.1) is 0 Å². The minimum atomic E-state index is -0.365. The number of fused-ring (bicyclic) bond motifs is 1. The van der Waals surface area contributed by atoms with Crippen molar-refractivity contribution < 1.29 is 9.32 Å².